The van der Waals surface area contributed by atoms with Crippen LogP contribution in [-0.2, 0) is 17.4 Å². The van der Waals surface area contributed by atoms with Gasteiger partial charge in [0.1, 0.15) is 11.5 Å². The van der Waals surface area contributed by atoms with Crippen molar-refractivity contribution in [1.29, 1.82) is 0 Å². The zero-order valence-corrected chi connectivity index (χ0v) is 19.3. The van der Waals surface area contributed by atoms with E-state index in [1.807, 2.05) is 6.07 Å². The summed E-state index contributed by atoms with van der Waals surface area (Å²) in [6, 6.07) is 12.5. The highest BCUT2D eigenvalue weighted by atomic mass is 16.6. The summed E-state index contributed by atoms with van der Waals surface area (Å²) in [4.78, 5) is 14.3. The fourth-order valence-corrected chi connectivity index (χ4v) is 3.80. The van der Waals surface area contributed by atoms with Gasteiger partial charge in [-0.1, -0.05) is 71.9 Å². The Hall–Kier alpha value is -2.57. The number of aromatic hydroxyl groups is 1. The Morgan fingerprint density at radius 2 is 1.55 bits per heavy atom. The van der Waals surface area contributed by atoms with Gasteiger partial charge in [0.15, 0.2) is 0 Å². The molecule has 2 aromatic carbocycles. The van der Waals surface area contributed by atoms with Gasteiger partial charge < -0.3 is 9.84 Å². The van der Waals surface area contributed by atoms with Crippen LogP contribution in [0.4, 0.5) is 4.79 Å². The molecular formula is C25H34N2O4. The third kappa shape index (κ3) is 5.38. The lowest BCUT2D eigenvalue weighted by atomic mass is 9.78. The van der Waals surface area contributed by atoms with Crippen molar-refractivity contribution in [3.63, 3.8) is 0 Å². The van der Waals surface area contributed by atoms with Crippen molar-refractivity contribution in [1.82, 2.24) is 9.96 Å². The summed E-state index contributed by atoms with van der Waals surface area (Å²) >= 11 is 0. The van der Waals surface area contributed by atoms with E-state index in [-0.39, 0.29) is 16.9 Å². The summed E-state index contributed by atoms with van der Waals surface area (Å²) in [7, 11) is 0. The lowest BCUT2D eigenvalue weighted by Gasteiger charge is -2.42. The molecular weight excluding hydrogens is 392 g/mol. The van der Waals surface area contributed by atoms with Crippen LogP contribution in [0.3, 0.4) is 0 Å². The summed E-state index contributed by atoms with van der Waals surface area (Å²) in [6.45, 7) is 14.4. The molecule has 0 atom stereocenters. The number of nitrogens with zero attached hydrogens (tertiary/aromatic N) is 2. The maximum Gasteiger partial charge on any atom is 0.439 e. The van der Waals surface area contributed by atoms with Crippen LogP contribution in [0.25, 0.3) is 0 Å². The Morgan fingerprint density at radius 1 is 1.03 bits per heavy atom. The van der Waals surface area contributed by atoms with Gasteiger partial charge in [-0.3, -0.25) is 10.1 Å². The number of amides is 1. The average molecular weight is 427 g/mol. The highest BCUT2D eigenvalue weighted by Crippen LogP contribution is 2.40. The Balaban J connectivity index is 1.66. The second-order valence-corrected chi connectivity index (χ2v) is 10.4. The molecule has 0 bridgehead atoms. The zero-order chi connectivity index (χ0) is 23.0. The molecule has 1 amide bonds. The Morgan fingerprint density at radius 3 is 2.03 bits per heavy atom. The van der Waals surface area contributed by atoms with Crippen molar-refractivity contribution in [2.24, 2.45) is 0 Å². The first kappa shape index (κ1) is 23.1. The largest absolute Gasteiger partial charge is 0.507 e. The summed E-state index contributed by atoms with van der Waals surface area (Å²) in [6.07, 6.45) is -0.773. The van der Waals surface area contributed by atoms with Crippen molar-refractivity contribution < 1.29 is 19.8 Å². The van der Waals surface area contributed by atoms with E-state index >= 15 is 0 Å². The van der Waals surface area contributed by atoms with Crippen molar-refractivity contribution in [3.05, 3.63) is 59.2 Å². The molecule has 6 nitrogen and oxygen atoms in total. The number of rotatable bonds is 4. The van der Waals surface area contributed by atoms with Crippen molar-refractivity contribution in [3.8, 4) is 11.5 Å². The number of phenols is 1. The minimum atomic E-state index is -0.773. The number of carbonyl (C=O) groups is 1. The lowest BCUT2D eigenvalue weighted by molar-refractivity contribution is -0.134. The van der Waals surface area contributed by atoms with Gasteiger partial charge in [-0.05, 0) is 39.7 Å². The molecule has 1 heterocycles. The molecule has 2 N–H and O–H groups in total. The molecule has 1 aliphatic heterocycles. The van der Waals surface area contributed by atoms with Gasteiger partial charge >= 0.3 is 6.09 Å². The van der Waals surface area contributed by atoms with E-state index < -0.39 is 6.09 Å². The highest BCUT2D eigenvalue weighted by Gasteiger charge is 2.36. The van der Waals surface area contributed by atoms with Gasteiger partial charge in [0.25, 0.3) is 0 Å². The molecule has 0 aliphatic carbocycles. The molecule has 0 aromatic heterocycles. The van der Waals surface area contributed by atoms with Gasteiger partial charge in [-0.15, -0.1) is 0 Å². The molecule has 2 aromatic rings. The van der Waals surface area contributed by atoms with Gasteiger partial charge in [-0.25, -0.2) is 4.79 Å². The van der Waals surface area contributed by atoms with Crippen LogP contribution in [0.1, 0.15) is 58.2 Å². The summed E-state index contributed by atoms with van der Waals surface area (Å²) in [5.41, 5.74) is 2.62. The fourth-order valence-electron chi connectivity index (χ4n) is 3.80. The van der Waals surface area contributed by atoms with Gasteiger partial charge in [0.2, 0.25) is 0 Å². The van der Waals surface area contributed by atoms with Crippen LogP contribution in [0.5, 0.6) is 11.5 Å². The Bertz CT molecular complexity index is 888. The summed E-state index contributed by atoms with van der Waals surface area (Å²) in [5.74, 6) is 0.770. The first-order valence-electron chi connectivity index (χ1n) is 10.7. The second-order valence-electron chi connectivity index (χ2n) is 10.4. The summed E-state index contributed by atoms with van der Waals surface area (Å²) < 4.78 is 5.20. The van der Waals surface area contributed by atoms with E-state index in [2.05, 4.69) is 58.6 Å². The van der Waals surface area contributed by atoms with E-state index in [4.69, 9.17) is 4.74 Å². The lowest BCUT2D eigenvalue weighted by Crippen LogP contribution is -2.59. The molecule has 1 aliphatic rings. The smallest absolute Gasteiger partial charge is 0.439 e. The topological polar surface area (TPSA) is 73.2 Å². The minimum absolute atomic E-state index is 0.180. The SMILES string of the molecule is CC(C)(C)c1cc(CN2CC(N(O)C(=O)Oc3ccccc3)C2)cc(C(C)(C)C)c1O. The number of hydrogen-bond donors (Lipinski definition) is 2. The minimum Gasteiger partial charge on any atom is -0.507 e. The van der Waals surface area contributed by atoms with E-state index in [0.29, 0.717) is 36.2 Å². The maximum atomic E-state index is 12.2. The third-order valence-corrected chi connectivity index (χ3v) is 5.61. The first-order valence-corrected chi connectivity index (χ1v) is 10.7. The van der Waals surface area contributed by atoms with E-state index in [1.165, 1.54) is 0 Å². The van der Waals surface area contributed by atoms with Gasteiger partial charge in [0, 0.05) is 19.6 Å². The molecule has 1 saturated heterocycles. The molecule has 0 radical (unpaired) electrons. The monoisotopic (exact) mass is 426 g/mol. The van der Waals surface area contributed by atoms with Crippen LogP contribution in [0.15, 0.2) is 42.5 Å². The molecule has 1 fully saturated rings. The molecule has 168 valence electrons. The number of ether oxygens (including phenoxy) is 1. The number of hydrogen-bond acceptors (Lipinski definition) is 5. The van der Waals surface area contributed by atoms with Crippen molar-refractivity contribution in [2.75, 3.05) is 13.1 Å². The van der Waals surface area contributed by atoms with Crippen molar-refractivity contribution >= 4 is 6.09 Å². The van der Waals surface area contributed by atoms with Crippen LogP contribution >= 0.6 is 0 Å². The van der Waals surface area contributed by atoms with Crippen LogP contribution in [0.2, 0.25) is 0 Å². The van der Waals surface area contributed by atoms with E-state index in [1.54, 1.807) is 24.3 Å². The molecule has 31 heavy (non-hydrogen) atoms. The zero-order valence-electron chi connectivity index (χ0n) is 19.3. The predicted octanol–water partition coefficient (Wildman–Crippen LogP) is 5.06. The van der Waals surface area contributed by atoms with Crippen LogP contribution in [0, 0.1) is 0 Å². The second kappa shape index (κ2) is 8.52. The number of benzene rings is 2. The van der Waals surface area contributed by atoms with Crippen LogP contribution in [-0.4, -0.2) is 45.5 Å². The van der Waals surface area contributed by atoms with E-state index in [9.17, 15) is 15.1 Å². The molecule has 0 saturated carbocycles. The summed E-state index contributed by atoms with van der Waals surface area (Å²) in [5, 5.41) is 21.8. The van der Waals surface area contributed by atoms with Crippen molar-refractivity contribution in [2.45, 2.75) is 65.0 Å². The Labute approximate surface area is 185 Å². The van der Waals surface area contributed by atoms with E-state index in [0.717, 1.165) is 16.7 Å². The number of hydroxylamine groups is 2. The molecule has 6 heteroatoms. The number of para-hydroxylation sites is 1. The molecule has 3 rings (SSSR count). The number of likely N-dealkylation sites (tertiary alicyclic amines) is 1. The van der Waals surface area contributed by atoms with Gasteiger partial charge in [-0.2, -0.15) is 5.06 Å². The molecule has 0 spiro atoms. The number of phenolic OH excluding ortho intramolecular Hbond substituents is 1. The number of carbonyl (C=O) groups excluding carboxylic acids is 1. The average Bonchev–Trinajstić information content (AvgIpc) is 2.63. The van der Waals surface area contributed by atoms with Crippen LogP contribution < -0.4 is 4.74 Å². The molecule has 0 unspecified atom stereocenters. The maximum absolute atomic E-state index is 12.2. The normalized spacial score (nSPS) is 15.5. The highest BCUT2D eigenvalue weighted by molar-refractivity contribution is 5.69. The quantitative estimate of drug-likeness (QED) is 0.528. The third-order valence-electron chi connectivity index (χ3n) is 5.61. The fraction of sp³-hybridized carbons (Fsp3) is 0.480. The first-order chi connectivity index (χ1) is 14.4. The standard InChI is InChI=1S/C25H34N2O4/c1-24(2,3)20-12-17(13-21(22(20)28)25(4,5)6)14-26-15-18(16-26)27(30)23(29)31-19-10-8-7-9-11-19/h7-13,18,28,30H,14-16H2,1-6H3. The Kier molecular flexibility index (Phi) is 6.35. The van der Waals surface area contributed by atoms with Gasteiger partial charge in [0.05, 0.1) is 6.04 Å². The predicted molar refractivity (Wildman–Crippen MR) is 121 cm³/mol.